The van der Waals surface area contributed by atoms with Crippen molar-refractivity contribution in [2.45, 2.75) is 20.0 Å². The third-order valence-electron chi connectivity index (χ3n) is 5.13. The second-order valence-corrected chi connectivity index (χ2v) is 7.37. The number of fused-ring (bicyclic) bond motifs is 1. The summed E-state index contributed by atoms with van der Waals surface area (Å²) in [6.45, 7) is 2.72. The van der Waals surface area contributed by atoms with Gasteiger partial charge in [-0.1, -0.05) is 12.1 Å². The fourth-order valence-electron chi connectivity index (χ4n) is 3.54. The van der Waals surface area contributed by atoms with Crippen molar-refractivity contribution in [3.8, 4) is 11.5 Å². The first-order valence-corrected chi connectivity index (χ1v) is 10.6. The Bertz CT molecular complexity index is 1300. The highest BCUT2D eigenvalue weighted by atomic mass is 16.5. The van der Waals surface area contributed by atoms with Gasteiger partial charge in [-0.15, -0.1) is 0 Å². The van der Waals surface area contributed by atoms with Gasteiger partial charge in [0.15, 0.2) is 0 Å². The standard InChI is InChI=1S/C25H25N3O5/c1-3-32-19-10-11-21-17(14-19)13-18(24(29)26-21)15-28(16-20-7-6-12-33-20)25(30)27-22-8-4-5-9-23(22)31-2/h4-14H,3,15-16H2,1-2H3,(H,26,29)(H,27,30). The highest BCUT2D eigenvalue weighted by Gasteiger charge is 2.19. The molecule has 2 heterocycles. The van der Waals surface area contributed by atoms with Crippen molar-refractivity contribution in [3.63, 3.8) is 0 Å². The Hall–Kier alpha value is -4.20. The summed E-state index contributed by atoms with van der Waals surface area (Å²) in [5.74, 6) is 1.85. The molecule has 0 bridgehead atoms. The summed E-state index contributed by atoms with van der Waals surface area (Å²) >= 11 is 0. The van der Waals surface area contributed by atoms with E-state index in [1.54, 1.807) is 48.7 Å². The third-order valence-corrected chi connectivity index (χ3v) is 5.13. The number of furan rings is 1. The van der Waals surface area contributed by atoms with Gasteiger partial charge in [-0.25, -0.2) is 4.79 Å². The maximum absolute atomic E-state index is 13.2. The number of anilines is 1. The van der Waals surface area contributed by atoms with E-state index >= 15 is 0 Å². The number of amides is 2. The first-order valence-electron chi connectivity index (χ1n) is 10.6. The predicted molar refractivity (Wildman–Crippen MR) is 126 cm³/mol. The molecule has 2 aromatic carbocycles. The van der Waals surface area contributed by atoms with Gasteiger partial charge in [-0.05, 0) is 55.5 Å². The average molecular weight is 447 g/mol. The van der Waals surface area contributed by atoms with Crippen LogP contribution in [-0.4, -0.2) is 29.6 Å². The van der Waals surface area contributed by atoms with Gasteiger partial charge in [0.1, 0.15) is 17.3 Å². The van der Waals surface area contributed by atoms with Gasteiger partial charge in [-0.3, -0.25) is 4.79 Å². The third kappa shape index (κ3) is 5.17. The van der Waals surface area contributed by atoms with Gasteiger partial charge in [0.25, 0.3) is 5.56 Å². The molecule has 0 unspecified atom stereocenters. The lowest BCUT2D eigenvalue weighted by molar-refractivity contribution is 0.201. The lowest BCUT2D eigenvalue weighted by Gasteiger charge is -2.23. The van der Waals surface area contributed by atoms with Crippen molar-refractivity contribution in [2.75, 3.05) is 19.0 Å². The van der Waals surface area contributed by atoms with Crippen LogP contribution in [0.15, 0.2) is 76.1 Å². The number of ether oxygens (including phenoxy) is 2. The van der Waals surface area contributed by atoms with Crippen molar-refractivity contribution in [1.82, 2.24) is 9.88 Å². The Morgan fingerprint density at radius 1 is 1.09 bits per heavy atom. The number of aromatic nitrogens is 1. The molecule has 33 heavy (non-hydrogen) atoms. The molecule has 2 aromatic heterocycles. The maximum atomic E-state index is 13.2. The summed E-state index contributed by atoms with van der Waals surface area (Å²) in [4.78, 5) is 30.4. The maximum Gasteiger partial charge on any atom is 0.322 e. The van der Waals surface area contributed by atoms with Crippen molar-refractivity contribution in [1.29, 1.82) is 0 Å². The van der Waals surface area contributed by atoms with E-state index in [4.69, 9.17) is 13.9 Å². The van der Waals surface area contributed by atoms with Gasteiger partial charge in [-0.2, -0.15) is 0 Å². The number of urea groups is 1. The second-order valence-electron chi connectivity index (χ2n) is 7.37. The first kappa shape index (κ1) is 22.0. The largest absolute Gasteiger partial charge is 0.495 e. The summed E-state index contributed by atoms with van der Waals surface area (Å²) in [5.41, 5.74) is 1.41. The van der Waals surface area contributed by atoms with Gasteiger partial charge in [0.05, 0.1) is 38.8 Å². The van der Waals surface area contributed by atoms with E-state index in [2.05, 4.69) is 10.3 Å². The number of carbonyl (C=O) groups is 1. The topological polar surface area (TPSA) is 96.8 Å². The van der Waals surface area contributed by atoms with E-state index in [0.29, 0.717) is 40.6 Å². The number of methoxy groups -OCH3 is 1. The second kappa shape index (κ2) is 9.95. The molecule has 170 valence electrons. The van der Waals surface area contributed by atoms with Crippen LogP contribution >= 0.6 is 0 Å². The first-order chi connectivity index (χ1) is 16.1. The van der Waals surface area contributed by atoms with Gasteiger partial charge < -0.3 is 29.1 Å². The van der Waals surface area contributed by atoms with Crippen LogP contribution in [0.25, 0.3) is 10.9 Å². The van der Waals surface area contributed by atoms with E-state index < -0.39 is 6.03 Å². The zero-order chi connectivity index (χ0) is 23.2. The van der Waals surface area contributed by atoms with Gasteiger partial charge >= 0.3 is 6.03 Å². The highest BCUT2D eigenvalue weighted by Crippen LogP contribution is 2.24. The Labute approximate surface area is 190 Å². The molecule has 0 fully saturated rings. The number of pyridine rings is 1. The van der Waals surface area contributed by atoms with Crippen LogP contribution in [-0.2, 0) is 13.1 Å². The SMILES string of the molecule is CCOc1ccc2[nH]c(=O)c(CN(Cc3ccco3)C(=O)Nc3ccccc3OC)cc2c1. The van der Waals surface area contributed by atoms with E-state index in [1.807, 2.05) is 25.1 Å². The molecule has 2 N–H and O–H groups in total. The van der Waals surface area contributed by atoms with Crippen LogP contribution in [0.1, 0.15) is 18.2 Å². The average Bonchev–Trinajstić information content (AvgIpc) is 3.33. The number of aromatic amines is 1. The monoisotopic (exact) mass is 447 g/mol. The fourth-order valence-corrected chi connectivity index (χ4v) is 3.54. The number of hydrogen-bond donors (Lipinski definition) is 2. The summed E-state index contributed by atoms with van der Waals surface area (Å²) in [7, 11) is 1.54. The van der Waals surface area contributed by atoms with E-state index in [0.717, 1.165) is 5.39 Å². The minimum Gasteiger partial charge on any atom is -0.495 e. The van der Waals surface area contributed by atoms with Gasteiger partial charge in [0, 0.05) is 16.5 Å². The highest BCUT2D eigenvalue weighted by molar-refractivity contribution is 5.91. The van der Waals surface area contributed by atoms with Gasteiger partial charge in [0.2, 0.25) is 0 Å². The molecule has 0 spiro atoms. The minimum atomic E-state index is -0.390. The zero-order valence-corrected chi connectivity index (χ0v) is 18.5. The van der Waals surface area contributed by atoms with Crippen molar-refractivity contribution in [3.05, 3.63) is 88.6 Å². The lowest BCUT2D eigenvalue weighted by Crippen LogP contribution is -2.35. The predicted octanol–water partition coefficient (Wildman–Crippen LogP) is 4.76. The number of H-pyrrole nitrogens is 1. The molecular weight excluding hydrogens is 422 g/mol. The molecule has 8 heteroatoms. The normalized spacial score (nSPS) is 10.7. The van der Waals surface area contributed by atoms with Crippen LogP contribution in [0.4, 0.5) is 10.5 Å². The minimum absolute atomic E-state index is 0.0752. The van der Waals surface area contributed by atoms with E-state index in [-0.39, 0.29) is 18.6 Å². The molecule has 2 amide bonds. The van der Waals surface area contributed by atoms with E-state index in [9.17, 15) is 9.59 Å². The number of carbonyl (C=O) groups excluding carboxylic acids is 1. The molecule has 4 aromatic rings. The number of benzene rings is 2. The summed E-state index contributed by atoms with van der Waals surface area (Å²) in [5, 5.41) is 3.68. The Balaban J connectivity index is 1.64. The molecule has 8 nitrogen and oxygen atoms in total. The zero-order valence-electron chi connectivity index (χ0n) is 18.5. The van der Waals surface area contributed by atoms with Crippen molar-refractivity contribution in [2.24, 2.45) is 0 Å². The van der Waals surface area contributed by atoms with Crippen LogP contribution < -0.4 is 20.3 Å². The molecule has 0 radical (unpaired) electrons. The van der Waals surface area contributed by atoms with Crippen LogP contribution in [0.5, 0.6) is 11.5 Å². The molecule has 0 aliphatic carbocycles. The number of nitrogens with zero attached hydrogens (tertiary/aromatic N) is 1. The molecule has 4 rings (SSSR count). The van der Waals surface area contributed by atoms with Crippen molar-refractivity contribution < 1.29 is 18.7 Å². The fraction of sp³-hybridized carbons (Fsp3) is 0.200. The number of rotatable bonds is 8. The Morgan fingerprint density at radius 2 is 1.94 bits per heavy atom. The smallest absolute Gasteiger partial charge is 0.322 e. The van der Waals surface area contributed by atoms with Crippen LogP contribution in [0.3, 0.4) is 0 Å². The lowest BCUT2D eigenvalue weighted by atomic mass is 10.1. The van der Waals surface area contributed by atoms with Crippen LogP contribution in [0, 0.1) is 0 Å². The molecule has 0 saturated heterocycles. The molecule has 0 atom stereocenters. The quantitative estimate of drug-likeness (QED) is 0.406. The molecule has 0 saturated carbocycles. The molecule has 0 aliphatic heterocycles. The summed E-state index contributed by atoms with van der Waals surface area (Å²) in [6.07, 6.45) is 1.55. The van der Waals surface area contributed by atoms with Crippen molar-refractivity contribution >= 4 is 22.6 Å². The summed E-state index contributed by atoms with van der Waals surface area (Å²) in [6, 6.07) is 17.5. The summed E-state index contributed by atoms with van der Waals surface area (Å²) < 4.78 is 16.3. The van der Waals surface area contributed by atoms with E-state index in [1.165, 1.54) is 12.0 Å². The molecular formula is C25H25N3O5. The number of hydrogen-bond acceptors (Lipinski definition) is 5. The Kier molecular flexibility index (Phi) is 6.64. The van der Waals surface area contributed by atoms with Crippen LogP contribution in [0.2, 0.25) is 0 Å². The number of para-hydroxylation sites is 2. The number of nitrogens with one attached hydrogen (secondary N) is 2. The molecule has 0 aliphatic rings. The Morgan fingerprint density at radius 3 is 2.70 bits per heavy atom.